The molecule has 0 aliphatic heterocycles. The van der Waals surface area contributed by atoms with Crippen LogP contribution in [0.1, 0.15) is 31.4 Å². The van der Waals surface area contributed by atoms with E-state index in [2.05, 4.69) is 5.10 Å². The minimum Gasteiger partial charge on any atom is -0.393 e. The molecule has 0 spiro atoms. The van der Waals surface area contributed by atoms with Gasteiger partial charge < -0.3 is 5.11 Å². The average Bonchev–Trinajstić information content (AvgIpc) is 2.44. The molecule has 1 aromatic heterocycles. The van der Waals surface area contributed by atoms with Gasteiger partial charge in [-0.05, 0) is 37.7 Å². The average molecular weight is 194 g/mol. The number of nitrogens with zero attached hydrogens (tertiary/aromatic N) is 2. The van der Waals surface area contributed by atoms with E-state index in [0.29, 0.717) is 5.92 Å². The lowest BCUT2D eigenvalue weighted by atomic mass is 9.79. The summed E-state index contributed by atoms with van der Waals surface area (Å²) >= 11 is 0. The molecule has 1 fully saturated rings. The molecule has 0 bridgehead atoms. The Morgan fingerprint density at radius 2 is 2.43 bits per heavy atom. The Balaban J connectivity index is 1.79. The highest BCUT2D eigenvalue weighted by molar-refractivity contribution is 5.00. The van der Waals surface area contributed by atoms with Crippen LogP contribution in [-0.4, -0.2) is 21.0 Å². The van der Waals surface area contributed by atoms with E-state index in [1.807, 2.05) is 24.0 Å². The van der Waals surface area contributed by atoms with Crippen LogP contribution in [0.25, 0.3) is 0 Å². The van der Waals surface area contributed by atoms with Crippen molar-refractivity contribution < 1.29 is 5.11 Å². The largest absolute Gasteiger partial charge is 0.393 e. The van der Waals surface area contributed by atoms with E-state index in [4.69, 9.17) is 0 Å². The zero-order valence-electron chi connectivity index (χ0n) is 8.69. The van der Waals surface area contributed by atoms with E-state index in [1.165, 1.54) is 25.0 Å². The molecule has 1 heterocycles. The summed E-state index contributed by atoms with van der Waals surface area (Å²) in [5, 5.41) is 13.9. The van der Waals surface area contributed by atoms with Crippen LogP contribution in [0.3, 0.4) is 0 Å². The smallest absolute Gasteiger partial charge is 0.0572 e. The van der Waals surface area contributed by atoms with Gasteiger partial charge in [-0.3, -0.25) is 4.68 Å². The van der Waals surface area contributed by atoms with Gasteiger partial charge in [-0.2, -0.15) is 5.10 Å². The van der Waals surface area contributed by atoms with Crippen molar-refractivity contribution in [1.29, 1.82) is 0 Å². The predicted octanol–water partition coefficient (Wildman–Crippen LogP) is 1.51. The molecule has 3 nitrogen and oxygen atoms in total. The van der Waals surface area contributed by atoms with Crippen molar-refractivity contribution in [2.75, 3.05) is 0 Å². The first-order chi connectivity index (χ1) is 6.77. The molecule has 1 aliphatic rings. The molecule has 14 heavy (non-hydrogen) atoms. The number of aromatic nitrogens is 2. The van der Waals surface area contributed by atoms with Crippen molar-refractivity contribution in [1.82, 2.24) is 9.78 Å². The van der Waals surface area contributed by atoms with Gasteiger partial charge in [0.2, 0.25) is 0 Å². The molecular weight excluding hydrogens is 176 g/mol. The lowest BCUT2D eigenvalue weighted by molar-refractivity contribution is 0.0556. The molecule has 0 aromatic carbocycles. The Hall–Kier alpha value is -0.830. The molecule has 2 rings (SSSR count). The molecule has 0 amide bonds. The molecule has 1 saturated carbocycles. The van der Waals surface area contributed by atoms with Crippen molar-refractivity contribution in [2.45, 2.75) is 38.2 Å². The fourth-order valence-corrected chi connectivity index (χ4v) is 2.00. The third kappa shape index (κ3) is 1.98. The maximum Gasteiger partial charge on any atom is 0.0572 e. The van der Waals surface area contributed by atoms with E-state index < -0.39 is 0 Å². The molecule has 0 radical (unpaired) electrons. The van der Waals surface area contributed by atoms with Crippen molar-refractivity contribution in [2.24, 2.45) is 13.0 Å². The summed E-state index contributed by atoms with van der Waals surface area (Å²) < 4.78 is 1.88. The van der Waals surface area contributed by atoms with Crippen LogP contribution in [0.4, 0.5) is 0 Å². The van der Waals surface area contributed by atoms with Gasteiger partial charge in [-0.1, -0.05) is 6.42 Å². The topological polar surface area (TPSA) is 38.0 Å². The van der Waals surface area contributed by atoms with Gasteiger partial charge in [-0.25, -0.2) is 0 Å². The molecule has 1 unspecified atom stereocenters. The van der Waals surface area contributed by atoms with Gasteiger partial charge in [0.05, 0.1) is 6.10 Å². The Bertz CT molecular complexity index is 291. The molecule has 1 atom stereocenters. The fraction of sp³-hybridized carbons (Fsp3) is 0.727. The molecule has 78 valence electrons. The molecule has 3 heteroatoms. The van der Waals surface area contributed by atoms with Crippen molar-refractivity contribution in [3.8, 4) is 0 Å². The summed E-state index contributed by atoms with van der Waals surface area (Å²) in [7, 11) is 1.95. The van der Waals surface area contributed by atoms with E-state index in [0.717, 1.165) is 12.8 Å². The Morgan fingerprint density at radius 3 is 2.93 bits per heavy atom. The van der Waals surface area contributed by atoms with Gasteiger partial charge in [-0.15, -0.1) is 0 Å². The van der Waals surface area contributed by atoms with Gasteiger partial charge in [0.1, 0.15) is 0 Å². The maximum atomic E-state index is 9.83. The first-order valence-electron chi connectivity index (χ1n) is 5.42. The Labute approximate surface area is 84.7 Å². The van der Waals surface area contributed by atoms with Gasteiger partial charge >= 0.3 is 0 Å². The zero-order valence-corrected chi connectivity index (χ0v) is 8.69. The number of hydrogen-bond donors (Lipinski definition) is 1. The van der Waals surface area contributed by atoms with Crippen LogP contribution in [0.15, 0.2) is 12.3 Å². The number of aliphatic hydroxyl groups excluding tert-OH is 1. The van der Waals surface area contributed by atoms with Crippen LogP contribution in [0.2, 0.25) is 0 Å². The molecule has 1 aromatic rings. The third-order valence-corrected chi connectivity index (χ3v) is 3.31. The SMILES string of the molecule is Cn1nccc1CCC(O)C1CCC1. The lowest BCUT2D eigenvalue weighted by Gasteiger charge is -2.30. The number of rotatable bonds is 4. The highest BCUT2D eigenvalue weighted by Gasteiger charge is 2.25. The van der Waals surface area contributed by atoms with Gasteiger partial charge in [0.25, 0.3) is 0 Å². The fourth-order valence-electron chi connectivity index (χ4n) is 2.00. The van der Waals surface area contributed by atoms with Gasteiger partial charge in [0, 0.05) is 18.9 Å². The molecule has 0 saturated heterocycles. The van der Waals surface area contributed by atoms with E-state index in [1.54, 1.807) is 0 Å². The Kier molecular flexibility index (Phi) is 2.87. The van der Waals surface area contributed by atoms with Crippen LogP contribution < -0.4 is 0 Å². The van der Waals surface area contributed by atoms with Crippen LogP contribution >= 0.6 is 0 Å². The molecule has 1 N–H and O–H groups in total. The second-order valence-corrected chi connectivity index (χ2v) is 4.24. The third-order valence-electron chi connectivity index (χ3n) is 3.31. The summed E-state index contributed by atoms with van der Waals surface area (Å²) in [6.07, 6.45) is 7.26. The lowest BCUT2D eigenvalue weighted by Crippen LogP contribution is -2.27. The summed E-state index contributed by atoms with van der Waals surface area (Å²) in [5.74, 6) is 0.572. The van der Waals surface area contributed by atoms with Crippen LogP contribution in [0.5, 0.6) is 0 Å². The molecular formula is C11H18N2O. The first kappa shape index (κ1) is 9.71. The quantitative estimate of drug-likeness (QED) is 0.789. The highest BCUT2D eigenvalue weighted by atomic mass is 16.3. The van der Waals surface area contributed by atoms with Crippen molar-refractivity contribution >= 4 is 0 Å². The summed E-state index contributed by atoms with van der Waals surface area (Å²) in [4.78, 5) is 0. The van der Waals surface area contributed by atoms with Crippen LogP contribution in [0, 0.1) is 5.92 Å². The first-order valence-corrected chi connectivity index (χ1v) is 5.42. The normalized spacial score (nSPS) is 19.3. The van der Waals surface area contributed by atoms with E-state index >= 15 is 0 Å². The minimum atomic E-state index is -0.0985. The maximum absolute atomic E-state index is 9.83. The van der Waals surface area contributed by atoms with E-state index in [9.17, 15) is 5.11 Å². The zero-order chi connectivity index (χ0) is 9.97. The van der Waals surface area contributed by atoms with Crippen molar-refractivity contribution in [3.05, 3.63) is 18.0 Å². The van der Waals surface area contributed by atoms with Crippen molar-refractivity contribution in [3.63, 3.8) is 0 Å². The second kappa shape index (κ2) is 4.13. The Morgan fingerprint density at radius 1 is 1.64 bits per heavy atom. The van der Waals surface area contributed by atoms with Gasteiger partial charge in [0.15, 0.2) is 0 Å². The monoisotopic (exact) mass is 194 g/mol. The number of aryl methyl sites for hydroxylation is 2. The highest BCUT2D eigenvalue weighted by Crippen LogP contribution is 2.31. The second-order valence-electron chi connectivity index (χ2n) is 4.24. The summed E-state index contributed by atoms with van der Waals surface area (Å²) in [6.45, 7) is 0. The number of aliphatic hydroxyl groups is 1. The molecule has 1 aliphatic carbocycles. The number of hydrogen-bond acceptors (Lipinski definition) is 2. The van der Waals surface area contributed by atoms with Crippen LogP contribution in [-0.2, 0) is 13.5 Å². The van der Waals surface area contributed by atoms with E-state index in [-0.39, 0.29) is 6.10 Å². The summed E-state index contributed by atoms with van der Waals surface area (Å²) in [6, 6.07) is 2.02. The summed E-state index contributed by atoms with van der Waals surface area (Å²) in [5.41, 5.74) is 1.21. The minimum absolute atomic E-state index is 0.0985. The predicted molar refractivity (Wildman–Crippen MR) is 54.9 cm³/mol. The standard InChI is InChI=1S/C11H18N2O/c1-13-10(7-8-12-13)5-6-11(14)9-3-2-4-9/h7-9,11,14H,2-6H2,1H3.